The van der Waals surface area contributed by atoms with Crippen LogP contribution in [0.15, 0.2) is 22.8 Å². The molecular formula is C10H7BrFNO2. The summed E-state index contributed by atoms with van der Waals surface area (Å²) in [4.78, 5) is 11.0. The van der Waals surface area contributed by atoms with Gasteiger partial charge in [-0.15, -0.1) is 0 Å². The summed E-state index contributed by atoms with van der Waals surface area (Å²) in [6.07, 6.45) is 0. The van der Waals surface area contributed by atoms with Crippen LogP contribution in [-0.2, 0) is 7.05 Å². The van der Waals surface area contributed by atoms with E-state index >= 15 is 0 Å². The molecule has 0 aliphatic heterocycles. The Morgan fingerprint density at radius 2 is 2.20 bits per heavy atom. The molecule has 0 saturated heterocycles. The van der Waals surface area contributed by atoms with Gasteiger partial charge in [-0.1, -0.05) is 6.07 Å². The molecule has 0 spiro atoms. The van der Waals surface area contributed by atoms with E-state index in [1.54, 1.807) is 23.7 Å². The SMILES string of the molecule is Cn1c(Br)c(C(=O)O)c2c(F)cccc21. The Hall–Kier alpha value is -1.36. The van der Waals surface area contributed by atoms with Crippen molar-refractivity contribution in [1.29, 1.82) is 0 Å². The maximum Gasteiger partial charge on any atom is 0.339 e. The van der Waals surface area contributed by atoms with Gasteiger partial charge < -0.3 is 9.67 Å². The fourth-order valence-electron chi connectivity index (χ4n) is 1.61. The number of carboxylic acid groups (broad SMARTS) is 1. The van der Waals surface area contributed by atoms with Crippen LogP contribution in [0.2, 0.25) is 0 Å². The molecular weight excluding hydrogens is 265 g/mol. The van der Waals surface area contributed by atoms with Gasteiger partial charge in [-0.05, 0) is 28.1 Å². The number of fused-ring (bicyclic) bond motifs is 1. The first-order valence-corrected chi connectivity index (χ1v) is 4.99. The number of benzene rings is 1. The van der Waals surface area contributed by atoms with Crippen LogP contribution in [0.25, 0.3) is 10.9 Å². The maximum absolute atomic E-state index is 13.5. The highest BCUT2D eigenvalue weighted by molar-refractivity contribution is 9.10. The molecule has 0 radical (unpaired) electrons. The highest BCUT2D eigenvalue weighted by atomic mass is 79.9. The molecule has 0 aliphatic rings. The number of aromatic carboxylic acids is 1. The number of halogens is 2. The summed E-state index contributed by atoms with van der Waals surface area (Å²) in [5, 5.41) is 9.13. The summed E-state index contributed by atoms with van der Waals surface area (Å²) in [5.74, 6) is -1.66. The van der Waals surface area contributed by atoms with Gasteiger partial charge in [0.05, 0.1) is 10.9 Å². The van der Waals surface area contributed by atoms with Crippen LogP contribution >= 0.6 is 15.9 Å². The van der Waals surface area contributed by atoms with E-state index in [0.29, 0.717) is 10.1 Å². The molecule has 0 aliphatic carbocycles. The minimum atomic E-state index is -1.14. The molecule has 0 saturated carbocycles. The van der Waals surface area contributed by atoms with Crippen molar-refractivity contribution in [3.05, 3.63) is 34.2 Å². The quantitative estimate of drug-likeness (QED) is 0.867. The zero-order chi connectivity index (χ0) is 11.2. The van der Waals surface area contributed by atoms with Crippen molar-refractivity contribution in [1.82, 2.24) is 4.57 Å². The topological polar surface area (TPSA) is 42.2 Å². The average molecular weight is 272 g/mol. The second-order valence-electron chi connectivity index (χ2n) is 3.16. The molecule has 2 rings (SSSR count). The molecule has 1 aromatic carbocycles. The number of aromatic nitrogens is 1. The van der Waals surface area contributed by atoms with E-state index in [9.17, 15) is 9.18 Å². The molecule has 2 aromatic rings. The molecule has 1 heterocycles. The van der Waals surface area contributed by atoms with Gasteiger partial charge in [0.25, 0.3) is 0 Å². The van der Waals surface area contributed by atoms with E-state index in [1.807, 2.05) is 0 Å². The number of aryl methyl sites for hydroxylation is 1. The lowest BCUT2D eigenvalue weighted by molar-refractivity contribution is 0.0697. The van der Waals surface area contributed by atoms with Gasteiger partial charge in [-0.3, -0.25) is 0 Å². The fraction of sp³-hybridized carbons (Fsp3) is 0.100. The van der Waals surface area contributed by atoms with Crippen molar-refractivity contribution in [2.45, 2.75) is 0 Å². The van der Waals surface area contributed by atoms with E-state index in [2.05, 4.69) is 15.9 Å². The number of carboxylic acids is 1. The van der Waals surface area contributed by atoms with Crippen molar-refractivity contribution in [2.75, 3.05) is 0 Å². The Balaban J connectivity index is 3.02. The van der Waals surface area contributed by atoms with E-state index in [-0.39, 0.29) is 10.9 Å². The Morgan fingerprint density at radius 1 is 1.53 bits per heavy atom. The van der Waals surface area contributed by atoms with Gasteiger partial charge in [-0.25, -0.2) is 9.18 Å². The monoisotopic (exact) mass is 271 g/mol. The van der Waals surface area contributed by atoms with Gasteiger partial charge in [-0.2, -0.15) is 0 Å². The second kappa shape index (κ2) is 3.34. The van der Waals surface area contributed by atoms with Crippen LogP contribution in [0.4, 0.5) is 4.39 Å². The minimum absolute atomic E-state index is 0.0365. The number of rotatable bonds is 1. The number of hydrogen-bond acceptors (Lipinski definition) is 1. The molecule has 78 valence electrons. The summed E-state index contributed by atoms with van der Waals surface area (Å²) in [6, 6.07) is 4.48. The summed E-state index contributed by atoms with van der Waals surface area (Å²) in [5.41, 5.74) is 0.518. The van der Waals surface area contributed by atoms with Crippen molar-refractivity contribution >= 4 is 32.8 Å². The van der Waals surface area contributed by atoms with Crippen molar-refractivity contribution in [2.24, 2.45) is 7.05 Å². The first kappa shape index (κ1) is 10.2. The molecule has 5 heteroatoms. The molecule has 1 aromatic heterocycles. The Kier molecular flexibility index (Phi) is 2.26. The first-order chi connectivity index (χ1) is 7.04. The maximum atomic E-state index is 13.5. The van der Waals surface area contributed by atoms with Crippen molar-refractivity contribution in [3.8, 4) is 0 Å². The van der Waals surface area contributed by atoms with E-state index in [1.165, 1.54) is 6.07 Å². The Bertz CT molecular complexity index is 562. The molecule has 0 amide bonds. The normalized spacial score (nSPS) is 10.9. The third-order valence-electron chi connectivity index (χ3n) is 2.32. The van der Waals surface area contributed by atoms with Gasteiger partial charge in [0, 0.05) is 7.05 Å². The van der Waals surface area contributed by atoms with Crippen LogP contribution < -0.4 is 0 Å². The average Bonchev–Trinajstić information content (AvgIpc) is 2.43. The predicted molar refractivity (Wildman–Crippen MR) is 57.5 cm³/mol. The molecule has 0 atom stereocenters. The fourth-order valence-corrected chi connectivity index (χ4v) is 2.17. The predicted octanol–water partition coefficient (Wildman–Crippen LogP) is 2.78. The third-order valence-corrected chi connectivity index (χ3v) is 3.25. The second-order valence-corrected chi connectivity index (χ2v) is 3.92. The van der Waals surface area contributed by atoms with Gasteiger partial charge in [0.1, 0.15) is 16.0 Å². The van der Waals surface area contributed by atoms with Crippen molar-refractivity contribution < 1.29 is 14.3 Å². The lowest BCUT2D eigenvalue weighted by Crippen LogP contribution is -1.97. The largest absolute Gasteiger partial charge is 0.478 e. The number of hydrogen-bond donors (Lipinski definition) is 1. The van der Waals surface area contributed by atoms with Gasteiger partial charge >= 0.3 is 5.97 Å². The molecule has 0 fully saturated rings. The lowest BCUT2D eigenvalue weighted by atomic mass is 10.1. The Labute approximate surface area is 93.3 Å². The van der Waals surface area contributed by atoms with E-state index < -0.39 is 11.8 Å². The summed E-state index contributed by atoms with van der Waals surface area (Å²) < 4.78 is 15.5. The summed E-state index contributed by atoms with van der Waals surface area (Å²) >= 11 is 3.14. The Morgan fingerprint density at radius 3 is 2.80 bits per heavy atom. The molecule has 1 N–H and O–H groups in total. The van der Waals surface area contributed by atoms with Crippen LogP contribution in [0, 0.1) is 5.82 Å². The molecule has 0 bridgehead atoms. The van der Waals surface area contributed by atoms with Crippen LogP contribution in [-0.4, -0.2) is 15.6 Å². The zero-order valence-corrected chi connectivity index (χ0v) is 9.38. The number of nitrogens with zero attached hydrogens (tertiary/aromatic N) is 1. The van der Waals surface area contributed by atoms with E-state index in [0.717, 1.165) is 0 Å². The zero-order valence-electron chi connectivity index (χ0n) is 7.79. The molecule has 3 nitrogen and oxygen atoms in total. The van der Waals surface area contributed by atoms with Crippen LogP contribution in [0.5, 0.6) is 0 Å². The third kappa shape index (κ3) is 1.34. The standard InChI is InChI=1S/C10H7BrFNO2/c1-13-6-4-2-3-5(12)7(6)8(9(13)11)10(14)15/h2-4H,1H3,(H,14,15). The smallest absolute Gasteiger partial charge is 0.339 e. The van der Waals surface area contributed by atoms with Gasteiger partial charge in [0.15, 0.2) is 0 Å². The highest BCUT2D eigenvalue weighted by Gasteiger charge is 2.21. The lowest BCUT2D eigenvalue weighted by Gasteiger charge is -1.96. The van der Waals surface area contributed by atoms with Crippen LogP contribution in [0.3, 0.4) is 0 Å². The minimum Gasteiger partial charge on any atom is -0.478 e. The van der Waals surface area contributed by atoms with Gasteiger partial charge in [0.2, 0.25) is 0 Å². The first-order valence-electron chi connectivity index (χ1n) is 4.19. The summed E-state index contributed by atoms with van der Waals surface area (Å²) in [7, 11) is 1.68. The van der Waals surface area contributed by atoms with Crippen molar-refractivity contribution in [3.63, 3.8) is 0 Å². The molecule has 15 heavy (non-hydrogen) atoms. The highest BCUT2D eigenvalue weighted by Crippen LogP contribution is 2.31. The van der Waals surface area contributed by atoms with Crippen LogP contribution in [0.1, 0.15) is 10.4 Å². The van der Waals surface area contributed by atoms with E-state index in [4.69, 9.17) is 5.11 Å². The summed E-state index contributed by atoms with van der Waals surface area (Å²) in [6.45, 7) is 0. The number of carbonyl (C=O) groups is 1. The molecule has 0 unspecified atom stereocenters.